The molecule has 37 heavy (non-hydrogen) atoms. The van der Waals surface area contributed by atoms with Crippen LogP contribution in [0.2, 0.25) is 0 Å². The van der Waals surface area contributed by atoms with Crippen molar-refractivity contribution in [1.29, 1.82) is 0 Å². The van der Waals surface area contributed by atoms with E-state index in [1.54, 1.807) is 24.3 Å². The van der Waals surface area contributed by atoms with E-state index in [1.165, 1.54) is 37.4 Å². The van der Waals surface area contributed by atoms with Crippen molar-refractivity contribution in [3.05, 3.63) is 96.6 Å². The Labute approximate surface area is 213 Å². The molecule has 0 bridgehead atoms. The van der Waals surface area contributed by atoms with Crippen molar-refractivity contribution in [1.82, 2.24) is 0 Å². The second kappa shape index (κ2) is 11.4. The molecule has 3 N–H and O–H groups in total. The van der Waals surface area contributed by atoms with Crippen molar-refractivity contribution in [3.63, 3.8) is 0 Å². The van der Waals surface area contributed by atoms with Gasteiger partial charge in [-0.1, -0.05) is 12.1 Å². The first-order valence-electron chi connectivity index (χ1n) is 11.0. The first kappa shape index (κ1) is 25.5. The second-order valence-electron chi connectivity index (χ2n) is 7.79. The molecule has 10 nitrogen and oxygen atoms in total. The third kappa shape index (κ3) is 7.19. The number of azo groups is 2. The number of phenolic OH excluding ortho intramolecular Hbond substituents is 1. The van der Waals surface area contributed by atoms with Crippen LogP contribution in [0.15, 0.2) is 116 Å². The van der Waals surface area contributed by atoms with Crippen LogP contribution < -0.4 is 10.1 Å². The molecule has 0 spiro atoms. The zero-order valence-electron chi connectivity index (χ0n) is 19.7. The van der Waals surface area contributed by atoms with E-state index < -0.39 is 10.1 Å². The lowest BCUT2D eigenvalue weighted by Crippen LogP contribution is -1.98. The van der Waals surface area contributed by atoms with Gasteiger partial charge >= 0.3 is 0 Å². The van der Waals surface area contributed by atoms with Crippen LogP contribution in [0.25, 0.3) is 0 Å². The molecule has 0 amide bonds. The molecule has 4 aromatic carbocycles. The van der Waals surface area contributed by atoms with Gasteiger partial charge in [-0.25, -0.2) is 0 Å². The summed E-state index contributed by atoms with van der Waals surface area (Å²) >= 11 is 0. The maximum absolute atomic E-state index is 11.1. The molecule has 0 aliphatic heterocycles. The summed E-state index contributed by atoms with van der Waals surface area (Å²) in [5.41, 5.74) is 4.31. The maximum atomic E-state index is 11.1. The van der Waals surface area contributed by atoms with Crippen molar-refractivity contribution in [2.24, 2.45) is 20.5 Å². The zero-order chi connectivity index (χ0) is 26.3. The van der Waals surface area contributed by atoms with E-state index in [0.29, 0.717) is 35.0 Å². The SMILES string of the molecule is COc1cc(N=Nc2ccc(CNc3ccc(N=Nc4ccc(S(=O)(=O)O)cc4)cc3)cc2)ccc1O. The second-order valence-corrected chi connectivity index (χ2v) is 9.21. The number of rotatable bonds is 9. The molecule has 11 heteroatoms. The molecule has 4 aromatic rings. The third-order valence-electron chi connectivity index (χ3n) is 5.16. The number of nitrogens with zero attached hydrogens (tertiary/aromatic N) is 4. The van der Waals surface area contributed by atoms with E-state index in [9.17, 15) is 13.5 Å². The third-order valence-corrected chi connectivity index (χ3v) is 6.03. The Morgan fingerprint density at radius 3 is 1.76 bits per heavy atom. The number of aromatic hydroxyl groups is 1. The van der Waals surface area contributed by atoms with Gasteiger partial charge in [0.05, 0.1) is 34.8 Å². The fourth-order valence-corrected chi connectivity index (χ4v) is 3.65. The molecule has 188 valence electrons. The summed E-state index contributed by atoms with van der Waals surface area (Å²) in [4.78, 5) is -0.198. The van der Waals surface area contributed by atoms with Crippen LogP contribution in [-0.2, 0) is 16.7 Å². The molecule has 0 unspecified atom stereocenters. The summed E-state index contributed by atoms with van der Waals surface area (Å²) in [6.07, 6.45) is 0. The number of methoxy groups -OCH3 is 1. The van der Waals surface area contributed by atoms with Gasteiger partial charge in [0.25, 0.3) is 10.1 Å². The highest BCUT2D eigenvalue weighted by Gasteiger charge is 2.08. The smallest absolute Gasteiger partial charge is 0.294 e. The summed E-state index contributed by atoms with van der Waals surface area (Å²) in [6, 6.07) is 25.2. The van der Waals surface area contributed by atoms with E-state index >= 15 is 0 Å². The average Bonchev–Trinajstić information content (AvgIpc) is 2.91. The molecule has 0 radical (unpaired) electrons. The molecule has 0 heterocycles. The highest BCUT2D eigenvalue weighted by atomic mass is 32.2. The summed E-state index contributed by atoms with van der Waals surface area (Å²) < 4.78 is 36.3. The lowest BCUT2D eigenvalue weighted by atomic mass is 10.2. The highest BCUT2D eigenvalue weighted by Crippen LogP contribution is 2.31. The number of phenols is 1. The van der Waals surface area contributed by atoms with Gasteiger partial charge in [-0.3, -0.25) is 4.55 Å². The van der Waals surface area contributed by atoms with Crippen molar-refractivity contribution in [3.8, 4) is 11.5 Å². The molecule has 4 rings (SSSR count). The average molecular weight is 518 g/mol. The van der Waals surface area contributed by atoms with Gasteiger partial charge in [0.2, 0.25) is 0 Å². The molecule has 0 aliphatic rings. The molecule has 0 saturated carbocycles. The molecule has 0 fully saturated rings. The van der Waals surface area contributed by atoms with Gasteiger partial charge in [-0.15, -0.1) is 0 Å². The fraction of sp³-hybridized carbons (Fsp3) is 0.0769. The molecule has 0 atom stereocenters. The van der Waals surface area contributed by atoms with Gasteiger partial charge in [-0.05, 0) is 78.4 Å². The van der Waals surface area contributed by atoms with E-state index in [1.807, 2.05) is 36.4 Å². The molecule has 0 saturated heterocycles. The normalized spacial score (nSPS) is 11.7. The summed E-state index contributed by atoms with van der Waals surface area (Å²) in [7, 11) is -2.76. The monoisotopic (exact) mass is 517 g/mol. The van der Waals surface area contributed by atoms with Crippen LogP contribution in [0.5, 0.6) is 11.5 Å². The fourth-order valence-electron chi connectivity index (χ4n) is 3.17. The predicted octanol–water partition coefficient (Wildman–Crippen LogP) is 7.09. The van der Waals surface area contributed by atoms with Gasteiger partial charge < -0.3 is 15.2 Å². The van der Waals surface area contributed by atoms with Crippen molar-refractivity contribution >= 4 is 38.6 Å². The number of hydrogen-bond acceptors (Lipinski definition) is 9. The minimum Gasteiger partial charge on any atom is -0.504 e. The van der Waals surface area contributed by atoms with E-state index in [2.05, 4.69) is 25.8 Å². The van der Waals surface area contributed by atoms with Crippen LogP contribution >= 0.6 is 0 Å². The quantitative estimate of drug-likeness (QED) is 0.160. The van der Waals surface area contributed by atoms with Gasteiger partial charge in [-0.2, -0.15) is 28.9 Å². The first-order valence-corrected chi connectivity index (χ1v) is 12.4. The van der Waals surface area contributed by atoms with Crippen LogP contribution in [0.4, 0.5) is 28.4 Å². The Morgan fingerprint density at radius 2 is 1.22 bits per heavy atom. The molecular formula is C26H23N5O5S. The number of nitrogens with one attached hydrogen (secondary N) is 1. The maximum Gasteiger partial charge on any atom is 0.294 e. The zero-order valence-corrected chi connectivity index (χ0v) is 20.5. The minimum absolute atomic E-state index is 0.0451. The van der Waals surface area contributed by atoms with E-state index in [0.717, 1.165) is 11.3 Å². The van der Waals surface area contributed by atoms with Crippen molar-refractivity contribution in [2.75, 3.05) is 12.4 Å². The topological polar surface area (TPSA) is 145 Å². The minimum atomic E-state index is -4.23. The number of anilines is 1. The summed E-state index contributed by atoms with van der Waals surface area (Å²) in [6.45, 7) is 0.605. The van der Waals surface area contributed by atoms with Crippen molar-refractivity contribution < 1.29 is 22.8 Å². The Morgan fingerprint density at radius 1 is 0.730 bits per heavy atom. The van der Waals surface area contributed by atoms with Gasteiger partial charge in [0, 0.05) is 18.3 Å². The van der Waals surface area contributed by atoms with Gasteiger partial charge in [0.15, 0.2) is 11.5 Å². The Kier molecular flexibility index (Phi) is 7.86. The van der Waals surface area contributed by atoms with Crippen LogP contribution in [0.1, 0.15) is 5.56 Å². The van der Waals surface area contributed by atoms with E-state index in [4.69, 9.17) is 9.29 Å². The number of benzene rings is 4. The Balaban J connectivity index is 1.30. The standard InChI is InChI=1S/C26H23N5O5S/c1-36-26-16-23(12-15-25(26)32)31-30-20-4-2-18(3-5-20)17-27-19-6-8-21(9-7-19)28-29-22-10-13-24(14-11-22)37(33,34)35/h2-16,27,32H,17H2,1H3,(H,33,34,35). The number of ether oxygens (including phenoxy) is 1. The van der Waals surface area contributed by atoms with Crippen molar-refractivity contribution in [2.45, 2.75) is 11.4 Å². The lowest BCUT2D eigenvalue weighted by Gasteiger charge is -2.07. The number of hydrogen-bond donors (Lipinski definition) is 3. The molecule has 0 aliphatic carbocycles. The first-order chi connectivity index (χ1) is 17.8. The Bertz CT molecular complexity index is 1520. The largest absolute Gasteiger partial charge is 0.504 e. The van der Waals surface area contributed by atoms with Crippen LogP contribution in [0.3, 0.4) is 0 Å². The molecular weight excluding hydrogens is 494 g/mol. The van der Waals surface area contributed by atoms with Gasteiger partial charge in [0.1, 0.15) is 0 Å². The van der Waals surface area contributed by atoms with Crippen LogP contribution in [-0.4, -0.2) is 25.2 Å². The summed E-state index contributed by atoms with van der Waals surface area (Å²) in [5, 5.41) is 29.6. The Hall–Kier alpha value is -4.61. The lowest BCUT2D eigenvalue weighted by molar-refractivity contribution is 0.373. The predicted molar refractivity (Wildman–Crippen MR) is 139 cm³/mol. The molecule has 0 aromatic heterocycles. The summed E-state index contributed by atoms with van der Waals surface area (Å²) in [5.74, 6) is 0.380. The highest BCUT2D eigenvalue weighted by molar-refractivity contribution is 7.85. The van der Waals surface area contributed by atoms with Crippen LogP contribution in [0, 0.1) is 0 Å². The van der Waals surface area contributed by atoms with E-state index in [-0.39, 0.29) is 10.6 Å².